The normalized spacial score (nSPS) is 20.0. The van der Waals surface area contributed by atoms with Gasteiger partial charge in [-0.2, -0.15) is 4.31 Å². The Kier molecular flexibility index (Phi) is 9.92. The number of cyclic esters (lactones) is 1. The zero-order valence-corrected chi connectivity index (χ0v) is 24.9. The summed E-state index contributed by atoms with van der Waals surface area (Å²) >= 11 is 0. The van der Waals surface area contributed by atoms with E-state index in [1.165, 1.54) is 9.21 Å². The van der Waals surface area contributed by atoms with Gasteiger partial charge in [0.25, 0.3) is 0 Å². The molecule has 2 unspecified atom stereocenters. The fourth-order valence-corrected chi connectivity index (χ4v) is 6.54. The number of carbonyl (C=O) groups is 2. The molecule has 2 aromatic carbocycles. The van der Waals surface area contributed by atoms with Crippen molar-refractivity contribution >= 4 is 21.9 Å². The minimum absolute atomic E-state index is 0.0325. The van der Waals surface area contributed by atoms with Crippen molar-refractivity contribution in [2.75, 3.05) is 32.8 Å². The quantitative estimate of drug-likeness (QED) is 0.342. The second kappa shape index (κ2) is 13.1. The highest BCUT2D eigenvalue weighted by atomic mass is 32.2. The Labute approximate surface area is 248 Å². The molecule has 0 aliphatic carbocycles. The van der Waals surface area contributed by atoms with Crippen LogP contribution in [0, 0.1) is 5.92 Å². The predicted molar refractivity (Wildman–Crippen MR) is 148 cm³/mol. The summed E-state index contributed by atoms with van der Waals surface area (Å²) in [5, 5.41) is 0. The maximum Gasteiger partial charge on any atom is 0.573 e. The molecule has 43 heavy (non-hydrogen) atoms. The van der Waals surface area contributed by atoms with Gasteiger partial charge in [-0.05, 0) is 68.1 Å². The fourth-order valence-electron chi connectivity index (χ4n) is 5.12. The second-order valence-electron chi connectivity index (χ2n) is 10.7. The molecule has 2 fully saturated rings. The number of halogens is 3. The van der Waals surface area contributed by atoms with Crippen LogP contribution in [0.15, 0.2) is 53.4 Å². The molecule has 236 valence electrons. The summed E-state index contributed by atoms with van der Waals surface area (Å²) < 4.78 is 85.2. The molecule has 10 nitrogen and oxygen atoms in total. The van der Waals surface area contributed by atoms with E-state index in [0.717, 1.165) is 35.6 Å². The molecule has 4 rings (SSSR count). The molecule has 0 aromatic heterocycles. The maximum absolute atomic E-state index is 13.7. The molecule has 1 amide bonds. The Morgan fingerprint density at radius 2 is 1.63 bits per heavy atom. The number of carbonyl (C=O) groups excluding carboxylic acids is 2. The highest BCUT2D eigenvalue weighted by molar-refractivity contribution is 7.89. The van der Waals surface area contributed by atoms with E-state index < -0.39 is 45.9 Å². The van der Waals surface area contributed by atoms with Gasteiger partial charge in [-0.1, -0.05) is 12.1 Å². The summed E-state index contributed by atoms with van der Waals surface area (Å²) in [6.45, 7) is 5.72. The number of rotatable bonds is 11. The van der Waals surface area contributed by atoms with Crippen LogP contribution in [0.4, 0.5) is 13.2 Å². The second-order valence-corrected chi connectivity index (χ2v) is 12.6. The van der Waals surface area contributed by atoms with E-state index in [9.17, 15) is 31.2 Å². The number of hydrogen-bond acceptors (Lipinski definition) is 8. The molecule has 0 saturated carbocycles. The lowest BCUT2D eigenvalue weighted by molar-refractivity contribution is -0.274. The van der Waals surface area contributed by atoms with Gasteiger partial charge < -0.3 is 23.8 Å². The third-order valence-electron chi connectivity index (χ3n) is 7.13. The predicted octanol–water partition coefficient (Wildman–Crippen LogP) is 4.13. The lowest BCUT2D eigenvalue weighted by Gasteiger charge is -2.36. The highest BCUT2D eigenvalue weighted by Gasteiger charge is 2.48. The van der Waals surface area contributed by atoms with Gasteiger partial charge in [-0.15, -0.1) is 13.2 Å². The van der Waals surface area contributed by atoms with E-state index in [1.807, 2.05) is 31.2 Å². The molecule has 2 aliphatic heterocycles. The van der Waals surface area contributed by atoms with Gasteiger partial charge in [0.15, 0.2) is 6.10 Å². The fraction of sp³-hybridized carbons (Fsp3) is 0.517. The van der Waals surface area contributed by atoms with Crippen LogP contribution in [0.2, 0.25) is 0 Å². The van der Waals surface area contributed by atoms with Crippen molar-refractivity contribution in [3.63, 3.8) is 0 Å². The Bertz CT molecular complexity index is 1370. The third-order valence-corrected chi connectivity index (χ3v) is 9.05. The van der Waals surface area contributed by atoms with Crippen molar-refractivity contribution in [1.82, 2.24) is 9.21 Å². The number of esters is 1. The number of benzene rings is 2. The van der Waals surface area contributed by atoms with Gasteiger partial charge in [0.05, 0.1) is 17.4 Å². The number of nitrogens with zero attached hydrogens (tertiary/aromatic N) is 2. The standard InChI is InChI=1S/C29H35F3N2O8S/c1-4-39-21-10-8-20(9-11-21)6-5-7-24(25-27(36)42-28(2,3)41-25)26(35)33-16-18-34(19-17-33)43(37,38)23-14-12-22(13-15-23)40-29(30,31)32/h8-15,24-25H,4-7,16-19H2,1-3H3. The van der Waals surface area contributed by atoms with Crippen LogP contribution < -0.4 is 9.47 Å². The van der Waals surface area contributed by atoms with Crippen LogP contribution in [-0.4, -0.2) is 80.5 Å². The summed E-state index contributed by atoms with van der Waals surface area (Å²) in [5.41, 5.74) is 1.04. The summed E-state index contributed by atoms with van der Waals surface area (Å²) in [6.07, 6.45) is -4.42. The van der Waals surface area contributed by atoms with Gasteiger partial charge in [0.1, 0.15) is 11.5 Å². The average Bonchev–Trinajstić information content (AvgIpc) is 3.22. The topological polar surface area (TPSA) is 112 Å². The first-order valence-corrected chi connectivity index (χ1v) is 15.4. The molecular formula is C29H35F3N2O8S. The first-order valence-electron chi connectivity index (χ1n) is 14.0. The minimum Gasteiger partial charge on any atom is -0.494 e. The number of aryl methyl sites for hydroxylation is 1. The number of piperazine rings is 1. The van der Waals surface area contributed by atoms with Crippen LogP contribution >= 0.6 is 0 Å². The number of alkyl halides is 3. The van der Waals surface area contributed by atoms with Crippen molar-refractivity contribution in [2.45, 2.75) is 63.2 Å². The van der Waals surface area contributed by atoms with E-state index in [-0.39, 0.29) is 37.0 Å². The smallest absolute Gasteiger partial charge is 0.494 e. The van der Waals surface area contributed by atoms with Crippen molar-refractivity contribution in [3.8, 4) is 11.5 Å². The van der Waals surface area contributed by atoms with Gasteiger partial charge in [-0.25, -0.2) is 13.2 Å². The Balaban J connectivity index is 1.40. The zero-order chi connectivity index (χ0) is 31.4. The molecule has 2 aliphatic rings. The molecule has 2 heterocycles. The molecule has 0 N–H and O–H groups in total. The first-order chi connectivity index (χ1) is 20.2. The number of ether oxygens (including phenoxy) is 4. The SMILES string of the molecule is CCOc1ccc(CCCC(C(=O)N2CCN(S(=O)(=O)c3ccc(OC(F)(F)F)cc3)CC2)C2OC(C)(C)OC2=O)cc1. The van der Waals surface area contributed by atoms with Gasteiger partial charge in [0.2, 0.25) is 21.7 Å². The Morgan fingerprint density at radius 1 is 1.02 bits per heavy atom. The molecule has 14 heteroatoms. The van der Waals surface area contributed by atoms with E-state index in [2.05, 4.69) is 4.74 Å². The average molecular weight is 629 g/mol. The van der Waals surface area contributed by atoms with Crippen LogP contribution in [0.3, 0.4) is 0 Å². The van der Waals surface area contributed by atoms with Crippen molar-refractivity contribution in [3.05, 3.63) is 54.1 Å². The van der Waals surface area contributed by atoms with E-state index in [0.29, 0.717) is 25.9 Å². The monoisotopic (exact) mass is 628 g/mol. The summed E-state index contributed by atoms with van der Waals surface area (Å²) in [5.74, 6) is -2.74. The molecule has 2 saturated heterocycles. The van der Waals surface area contributed by atoms with E-state index in [1.54, 1.807) is 13.8 Å². The van der Waals surface area contributed by atoms with E-state index in [4.69, 9.17) is 14.2 Å². The minimum atomic E-state index is -4.90. The summed E-state index contributed by atoms with van der Waals surface area (Å²) in [7, 11) is -4.03. The number of sulfonamides is 1. The van der Waals surface area contributed by atoms with Gasteiger partial charge in [-0.3, -0.25) is 4.79 Å². The van der Waals surface area contributed by atoms with Crippen molar-refractivity contribution in [2.24, 2.45) is 5.92 Å². The zero-order valence-electron chi connectivity index (χ0n) is 24.1. The first kappa shape index (κ1) is 32.6. The molecule has 2 atom stereocenters. The van der Waals surface area contributed by atoms with Crippen LogP contribution in [0.1, 0.15) is 39.2 Å². The third kappa shape index (κ3) is 8.39. The van der Waals surface area contributed by atoms with E-state index >= 15 is 0 Å². The molecular weight excluding hydrogens is 593 g/mol. The summed E-state index contributed by atoms with van der Waals surface area (Å²) in [4.78, 5) is 27.7. The van der Waals surface area contributed by atoms with Crippen molar-refractivity contribution in [1.29, 1.82) is 0 Å². The molecule has 0 spiro atoms. The number of amides is 1. The lowest BCUT2D eigenvalue weighted by Crippen LogP contribution is -2.53. The van der Waals surface area contributed by atoms with Gasteiger partial charge >= 0.3 is 12.3 Å². The molecule has 2 aromatic rings. The Morgan fingerprint density at radius 3 is 2.16 bits per heavy atom. The van der Waals surface area contributed by atoms with Crippen LogP contribution in [0.25, 0.3) is 0 Å². The molecule has 0 radical (unpaired) electrons. The highest BCUT2D eigenvalue weighted by Crippen LogP contribution is 2.32. The lowest BCUT2D eigenvalue weighted by atomic mass is 9.92. The summed E-state index contributed by atoms with van der Waals surface area (Å²) in [6, 6.07) is 11.6. The molecule has 0 bridgehead atoms. The van der Waals surface area contributed by atoms with Crippen LogP contribution in [0.5, 0.6) is 11.5 Å². The largest absolute Gasteiger partial charge is 0.573 e. The van der Waals surface area contributed by atoms with Crippen LogP contribution in [-0.2, 0) is 35.5 Å². The number of hydrogen-bond donors (Lipinski definition) is 0. The van der Waals surface area contributed by atoms with Crippen molar-refractivity contribution < 1.29 is 50.1 Å². The van der Waals surface area contributed by atoms with Gasteiger partial charge in [0, 0.05) is 40.0 Å². The Hall–Kier alpha value is -3.36. The maximum atomic E-state index is 13.7.